The third-order valence-electron chi connectivity index (χ3n) is 3.35. The van der Waals surface area contributed by atoms with Crippen molar-refractivity contribution in [2.24, 2.45) is 0 Å². The highest BCUT2D eigenvalue weighted by atomic mass is 35.5. The number of halogens is 1. The molecule has 18 heavy (non-hydrogen) atoms. The van der Waals surface area contributed by atoms with Gasteiger partial charge in [-0.1, -0.05) is 36.2 Å². The molecule has 1 aromatic carbocycles. The number of carbonyl (C=O) groups is 1. The van der Waals surface area contributed by atoms with E-state index in [4.69, 9.17) is 11.6 Å². The summed E-state index contributed by atoms with van der Waals surface area (Å²) in [6.45, 7) is 1.51. The van der Waals surface area contributed by atoms with Gasteiger partial charge in [0.05, 0.1) is 6.04 Å². The fraction of sp³-hybridized carbons (Fsp3) is 0.500. The van der Waals surface area contributed by atoms with E-state index in [-0.39, 0.29) is 11.9 Å². The smallest absolute Gasteiger partial charge is 0.239 e. The highest BCUT2D eigenvalue weighted by Gasteiger charge is 2.23. The Morgan fingerprint density at radius 3 is 2.89 bits per heavy atom. The Balaban J connectivity index is 1.96. The summed E-state index contributed by atoms with van der Waals surface area (Å²) in [6.07, 6.45) is 3.23. The molecule has 0 spiro atoms. The molecule has 1 N–H and O–H groups in total. The molecule has 0 aromatic heterocycles. The summed E-state index contributed by atoms with van der Waals surface area (Å²) in [4.78, 5) is 14.0. The molecule has 1 aliphatic heterocycles. The lowest BCUT2D eigenvalue weighted by atomic mass is 10.0. The molecule has 1 unspecified atom stereocenters. The average Bonchev–Trinajstić information content (AvgIpc) is 2.41. The van der Waals surface area contributed by atoms with Crippen molar-refractivity contribution in [1.82, 2.24) is 10.2 Å². The molecule has 1 saturated heterocycles. The Bertz CT molecular complexity index is 416. The quantitative estimate of drug-likeness (QED) is 0.911. The molecule has 2 rings (SSSR count). The van der Waals surface area contributed by atoms with Crippen LogP contribution in [-0.2, 0) is 11.3 Å². The molecule has 0 bridgehead atoms. The predicted octanol–water partition coefficient (Wildman–Crippen LogP) is 2.44. The van der Waals surface area contributed by atoms with Gasteiger partial charge in [0.25, 0.3) is 0 Å². The summed E-state index contributed by atoms with van der Waals surface area (Å²) in [5.41, 5.74) is 0.992. The minimum absolute atomic E-state index is 0.0220. The number of nitrogens with one attached hydrogen (secondary N) is 1. The molecule has 1 fully saturated rings. The third kappa shape index (κ3) is 3.24. The van der Waals surface area contributed by atoms with E-state index < -0.39 is 0 Å². The van der Waals surface area contributed by atoms with Crippen molar-refractivity contribution in [3.8, 4) is 0 Å². The number of nitrogens with zero attached hydrogens (tertiary/aromatic N) is 1. The van der Waals surface area contributed by atoms with Crippen LogP contribution in [-0.4, -0.2) is 30.4 Å². The highest BCUT2D eigenvalue weighted by molar-refractivity contribution is 6.31. The van der Waals surface area contributed by atoms with Crippen LogP contribution in [0.15, 0.2) is 24.3 Å². The van der Waals surface area contributed by atoms with Gasteiger partial charge in [-0.15, -0.1) is 0 Å². The van der Waals surface area contributed by atoms with Crippen molar-refractivity contribution in [2.45, 2.75) is 31.8 Å². The van der Waals surface area contributed by atoms with Crippen molar-refractivity contribution in [3.05, 3.63) is 34.9 Å². The minimum Gasteiger partial charge on any atom is -0.340 e. The first-order valence-electron chi connectivity index (χ1n) is 6.40. The van der Waals surface area contributed by atoms with Gasteiger partial charge in [-0.05, 0) is 31.0 Å². The van der Waals surface area contributed by atoms with Gasteiger partial charge in [0, 0.05) is 18.6 Å². The number of carbonyl (C=O) groups excluding carboxylic acids is 1. The average molecular weight is 267 g/mol. The van der Waals surface area contributed by atoms with E-state index in [0.717, 1.165) is 31.4 Å². The molecule has 1 heterocycles. The van der Waals surface area contributed by atoms with Crippen molar-refractivity contribution in [2.75, 3.05) is 13.6 Å². The van der Waals surface area contributed by atoms with Crippen molar-refractivity contribution in [1.29, 1.82) is 0 Å². The van der Waals surface area contributed by atoms with Crippen LogP contribution >= 0.6 is 11.6 Å². The Kier molecular flexibility index (Phi) is 4.61. The first-order valence-corrected chi connectivity index (χ1v) is 6.78. The van der Waals surface area contributed by atoms with Crippen LogP contribution in [0.3, 0.4) is 0 Å². The van der Waals surface area contributed by atoms with Gasteiger partial charge in [-0.2, -0.15) is 0 Å². The Labute approximate surface area is 113 Å². The largest absolute Gasteiger partial charge is 0.340 e. The normalized spacial score (nSPS) is 19.6. The molecule has 0 saturated carbocycles. The van der Waals surface area contributed by atoms with E-state index in [2.05, 4.69) is 5.32 Å². The van der Waals surface area contributed by atoms with Crippen molar-refractivity contribution >= 4 is 17.5 Å². The molecule has 1 aromatic rings. The van der Waals surface area contributed by atoms with Gasteiger partial charge >= 0.3 is 0 Å². The molecule has 3 nitrogen and oxygen atoms in total. The lowest BCUT2D eigenvalue weighted by molar-refractivity contribution is -0.133. The van der Waals surface area contributed by atoms with Crippen LogP contribution in [0.25, 0.3) is 0 Å². The standard InChI is InChI=1S/C14H19ClN2O/c1-17(10-11-6-2-3-7-12(11)15)14(18)13-8-4-5-9-16-13/h2-3,6-7,13,16H,4-5,8-10H2,1H3. The summed E-state index contributed by atoms with van der Waals surface area (Å²) in [5.74, 6) is 0.162. The van der Waals surface area contributed by atoms with Gasteiger partial charge in [0.1, 0.15) is 0 Å². The maximum Gasteiger partial charge on any atom is 0.239 e. The number of amides is 1. The van der Waals surface area contributed by atoms with Crippen LogP contribution < -0.4 is 5.32 Å². The zero-order valence-electron chi connectivity index (χ0n) is 10.7. The lowest BCUT2D eigenvalue weighted by Crippen LogP contribution is -2.47. The molecule has 0 radical (unpaired) electrons. The number of likely N-dealkylation sites (N-methyl/N-ethyl adjacent to an activating group) is 1. The second-order valence-corrected chi connectivity index (χ2v) is 5.20. The predicted molar refractivity (Wildman–Crippen MR) is 73.6 cm³/mol. The number of hydrogen-bond donors (Lipinski definition) is 1. The maximum absolute atomic E-state index is 12.2. The zero-order valence-corrected chi connectivity index (χ0v) is 11.4. The molecule has 4 heteroatoms. The Morgan fingerprint density at radius 1 is 1.44 bits per heavy atom. The minimum atomic E-state index is -0.0220. The second kappa shape index (κ2) is 6.21. The van der Waals surface area contributed by atoms with Crippen LogP contribution in [0, 0.1) is 0 Å². The molecule has 1 amide bonds. The molecule has 1 atom stereocenters. The van der Waals surface area contributed by atoms with E-state index in [1.165, 1.54) is 0 Å². The fourth-order valence-corrected chi connectivity index (χ4v) is 2.48. The van der Waals surface area contributed by atoms with E-state index in [9.17, 15) is 4.79 Å². The number of hydrogen-bond acceptors (Lipinski definition) is 2. The number of piperidine rings is 1. The lowest BCUT2D eigenvalue weighted by Gasteiger charge is -2.27. The Morgan fingerprint density at radius 2 is 2.22 bits per heavy atom. The summed E-state index contributed by atoms with van der Waals surface area (Å²) in [6, 6.07) is 7.63. The molecule has 1 aliphatic rings. The first-order chi connectivity index (χ1) is 8.68. The van der Waals surface area contributed by atoms with Crippen LogP contribution in [0.2, 0.25) is 5.02 Å². The summed E-state index contributed by atoms with van der Waals surface area (Å²) < 4.78 is 0. The summed E-state index contributed by atoms with van der Waals surface area (Å²) in [7, 11) is 1.84. The monoisotopic (exact) mass is 266 g/mol. The zero-order chi connectivity index (χ0) is 13.0. The number of benzene rings is 1. The molecule has 0 aliphatic carbocycles. The second-order valence-electron chi connectivity index (χ2n) is 4.79. The van der Waals surface area contributed by atoms with Crippen LogP contribution in [0.5, 0.6) is 0 Å². The van der Waals surface area contributed by atoms with E-state index in [1.54, 1.807) is 4.90 Å². The van der Waals surface area contributed by atoms with Gasteiger partial charge < -0.3 is 10.2 Å². The first kappa shape index (κ1) is 13.4. The van der Waals surface area contributed by atoms with Gasteiger partial charge in [0.15, 0.2) is 0 Å². The van der Waals surface area contributed by atoms with Crippen LogP contribution in [0.1, 0.15) is 24.8 Å². The fourth-order valence-electron chi connectivity index (χ4n) is 2.29. The van der Waals surface area contributed by atoms with Crippen molar-refractivity contribution in [3.63, 3.8) is 0 Å². The van der Waals surface area contributed by atoms with Gasteiger partial charge in [-0.25, -0.2) is 0 Å². The molecule has 98 valence electrons. The van der Waals surface area contributed by atoms with Crippen molar-refractivity contribution < 1.29 is 4.79 Å². The van der Waals surface area contributed by atoms with Crippen LogP contribution in [0.4, 0.5) is 0 Å². The topological polar surface area (TPSA) is 32.3 Å². The maximum atomic E-state index is 12.2. The van der Waals surface area contributed by atoms with E-state index in [0.29, 0.717) is 11.6 Å². The van der Waals surface area contributed by atoms with E-state index in [1.807, 2.05) is 31.3 Å². The summed E-state index contributed by atoms with van der Waals surface area (Å²) >= 11 is 6.11. The molecular formula is C14H19ClN2O. The third-order valence-corrected chi connectivity index (χ3v) is 3.72. The van der Waals surface area contributed by atoms with E-state index >= 15 is 0 Å². The summed E-state index contributed by atoms with van der Waals surface area (Å²) in [5, 5.41) is 3.99. The van der Waals surface area contributed by atoms with Gasteiger partial charge in [0.2, 0.25) is 5.91 Å². The highest BCUT2D eigenvalue weighted by Crippen LogP contribution is 2.17. The molecular weight excluding hydrogens is 248 g/mol. The number of rotatable bonds is 3. The Hall–Kier alpha value is -1.06. The van der Waals surface area contributed by atoms with Gasteiger partial charge in [-0.3, -0.25) is 4.79 Å². The SMILES string of the molecule is CN(Cc1ccccc1Cl)C(=O)C1CCCCN1.